The molecule has 0 aliphatic rings. The number of halogens is 2. The Morgan fingerprint density at radius 3 is 2.68 bits per heavy atom. The van der Waals surface area contributed by atoms with Gasteiger partial charge >= 0.3 is 0 Å². The second kappa shape index (κ2) is 6.70. The van der Waals surface area contributed by atoms with Crippen molar-refractivity contribution in [1.82, 2.24) is 5.32 Å². The average Bonchev–Trinajstić information content (AvgIpc) is 2.32. The molecule has 1 atom stereocenters. The molecule has 0 bridgehead atoms. The van der Waals surface area contributed by atoms with E-state index < -0.39 is 5.60 Å². The molecule has 0 spiro atoms. The first-order chi connectivity index (χ1) is 8.76. The first kappa shape index (κ1) is 16.4. The van der Waals surface area contributed by atoms with Gasteiger partial charge in [0, 0.05) is 17.9 Å². The second-order valence-electron chi connectivity index (χ2n) is 4.47. The zero-order valence-electron chi connectivity index (χ0n) is 10.7. The first-order valence-electron chi connectivity index (χ1n) is 5.51. The van der Waals surface area contributed by atoms with E-state index in [1.165, 1.54) is 23.9 Å². The van der Waals surface area contributed by atoms with E-state index in [-0.39, 0.29) is 28.2 Å². The summed E-state index contributed by atoms with van der Waals surface area (Å²) in [5, 5.41) is 13.0. The molecule has 1 aromatic rings. The summed E-state index contributed by atoms with van der Waals surface area (Å²) < 4.78 is 0. The minimum absolute atomic E-state index is 0.146. The molecule has 7 heteroatoms. The van der Waals surface area contributed by atoms with Gasteiger partial charge in [-0.1, -0.05) is 23.2 Å². The lowest BCUT2D eigenvalue weighted by Crippen LogP contribution is -2.42. The van der Waals surface area contributed by atoms with Crippen LogP contribution in [0.2, 0.25) is 10.0 Å². The normalized spacial score (nSPS) is 13.9. The number of thioether (sulfide) groups is 1. The molecule has 4 nitrogen and oxygen atoms in total. The van der Waals surface area contributed by atoms with Gasteiger partial charge in [0.05, 0.1) is 21.3 Å². The zero-order valence-corrected chi connectivity index (χ0v) is 13.0. The Hall–Kier alpha value is -0.620. The van der Waals surface area contributed by atoms with Crippen LogP contribution in [-0.2, 0) is 0 Å². The van der Waals surface area contributed by atoms with Gasteiger partial charge in [0.15, 0.2) is 0 Å². The van der Waals surface area contributed by atoms with Crippen LogP contribution in [0, 0.1) is 0 Å². The summed E-state index contributed by atoms with van der Waals surface area (Å²) in [7, 11) is 0. The molecular weight excluding hydrogens is 307 g/mol. The fourth-order valence-electron chi connectivity index (χ4n) is 1.48. The molecule has 0 saturated heterocycles. The molecular formula is C12H16Cl2N2O2S. The highest BCUT2D eigenvalue weighted by Gasteiger charge is 2.21. The highest BCUT2D eigenvalue weighted by atomic mass is 35.5. The number of carbonyl (C=O) groups is 1. The average molecular weight is 323 g/mol. The lowest BCUT2D eigenvalue weighted by Gasteiger charge is -2.22. The number of benzene rings is 1. The summed E-state index contributed by atoms with van der Waals surface area (Å²) in [6.45, 7) is 1.81. The van der Waals surface area contributed by atoms with E-state index in [9.17, 15) is 9.90 Å². The van der Waals surface area contributed by atoms with Crippen LogP contribution in [0.15, 0.2) is 12.1 Å². The van der Waals surface area contributed by atoms with Crippen molar-refractivity contribution >= 4 is 46.6 Å². The van der Waals surface area contributed by atoms with Crippen LogP contribution in [0.25, 0.3) is 0 Å². The molecule has 19 heavy (non-hydrogen) atoms. The maximum atomic E-state index is 11.9. The number of rotatable bonds is 5. The quantitative estimate of drug-likeness (QED) is 0.728. The van der Waals surface area contributed by atoms with Gasteiger partial charge in [-0.05, 0) is 25.3 Å². The Balaban J connectivity index is 2.74. The van der Waals surface area contributed by atoms with Crippen molar-refractivity contribution in [2.75, 3.05) is 24.3 Å². The van der Waals surface area contributed by atoms with Crippen LogP contribution in [0.3, 0.4) is 0 Å². The Kier molecular flexibility index (Phi) is 5.80. The SMILES string of the molecule is CSCC(C)(O)CNC(=O)c1cc(N)c(Cl)c(Cl)c1. The molecule has 4 N–H and O–H groups in total. The van der Waals surface area contributed by atoms with Crippen molar-refractivity contribution in [3.05, 3.63) is 27.7 Å². The summed E-state index contributed by atoms with van der Waals surface area (Å²) in [5.41, 5.74) is 5.24. The second-order valence-corrected chi connectivity index (χ2v) is 6.13. The highest BCUT2D eigenvalue weighted by Crippen LogP contribution is 2.29. The van der Waals surface area contributed by atoms with Gasteiger partial charge in [0.1, 0.15) is 0 Å². The molecule has 1 rings (SSSR count). The topological polar surface area (TPSA) is 75.3 Å². The number of nitrogens with two attached hydrogens (primary N) is 1. The minimum atomic E-state index is -0.961. The van der Waals surface area contributed by atoms with Gasteiger partial charge in [-0.15, -0.1) is 0 Å². The molecule has 106 valence electrons. The van der Waals surface area contributed by atoms with E-state index in [1.807, 2.05) is 6.26 Å². The number of hydrogen-bond donors (Lipinski definition) is 3. The molecule has 0 saturated carbocycles. The summed E-state index contributed by atoms with van der Waals surface area (Å²) in [6, 6.07) is 2.89. The first-order valence-corrected chi connectivity index (χ1v) is 7.66. The standard InChI is InChI=1S/C12H16Cl2N2O2S/c1-12(18,6-19-2)5-16-11(17)7-3-8(13)10(14)9(15)4-7/h3-4,18H,5-6,15H2,1-2H3,(H,16,17). The van der Waals surface area contributed by atoms with E-state index in [2.05, 4.69) is 5.32 Å². The number of carbonyl (C=O) groups excluding carboxylic acids is 1. The van der Waals surface area contributed by atoms with Crippen LogP contribution in [0.4, 0.5) is 5.69 Å². The largest absolute Gasteiger partial charge is 0.397 e. The van der Waals surface area contributed by atoms with Gasteiger partial charge in [-0.3, -0.25) is 4.79 Å². The van der Waals surface area contributed by atoms with Gasteiger partial charge in [0.2, 0.25) is 0 Å². The van der Waals surface area contributed by atoms with Gasteiger partial charge in [0.25, 0.3) is 5.91 Å². The zero-order chi connectivity index (χ0) is 14.6. The predicted octanol–water partition coefficient (Wildman–Crippen LogP) is 2.42. The van der Waals surface area contributed by atoms with E-state index in [0.717, 1.165) is 0 Å². The molecule has 0 radical (unpaired) electrons. The molecule has 1 amide bonds. The lowest BCUT2D eigenvalue weighted by atomic mass is 10.1. The van der Waals surface area contributed by atoms with Gasteiger partial charge < -0.3 is 16.2 Å². The van der Waals surface area contributed by atoms with Crippen LogP contribution >= 0.6 is 35.0 Å². The summed E-state index contributed by atoms with van der Waals surface area (Å²) >= 11 is 13.2. The van der Waals surface area contributed by atoms with E-state index >= 15 is 0 Å². The summed E-state index contributed by atoms with van der Waals surface area (Å²) in [5.74, 6) is 0.170. The third kappa shape index (κ3) is 4.76. The van der Waals surface area contributed by atoms with E-state index in [1.54, 1.807) is 6.92 Å². The van der Waals surface area contributed by atoms with Crippen molar-refractivity contribution in [2.45, 2.75) is 12.5 Å². The lowest BCUT2D eigenvalue weighted by molar-refractivity contribution is 0.0725. The summed E-state index contributed by atoms with van der Waals surface area (Å²) in [6.07, 6.45) is 1.88. The van der Waals surface area contributed by atoms with E-state index in [0.29, 0.717) is 11.3 Å². The van der Waals surface area contributed by atoms with E-state index in [4.69, 9.17) is 28.9 Å². The Bertz CT molecular complexity index is 458. The highest BCUT2D eigenvalue weighted by molar-refractivity contribution is 7.98. The number of nitrogen functional groups attached to an aromatic ring is 1. The maximum absolute atomic E-state index is 11.9. The molecule has 0 heterocycles. The minimum Gasteiger partial charge on any atom is -0.397 e. The third-order valence-electron chi connectivity index (χ3n) is 2.40. The fraction of sp³-hybridized carbons (Fsp3) is 0.417. The molecule has 0 aliphatic carbocycles. The maximum Gasteiger partial charge on any atom is 0.251 e. The van der Waals surface area contributed by atoms with Crippen LogP contribution in [0.1, 0.15) is 17.3 Å². The molecule has 1 unspecified atom stereocenters. The Morgan fingerprint density at radius 2 is 2.16 bits per heavy atom. The van der Waals surface area contributed by atoms with Gasteiger partial charge in [-0.25, -0.2) is 0 Å². The van der Waals surface area contributed by atoms with Gasteiger partial charge in [-0.2, -0.15) is 11.8 Å². The molecule has 0 fully saturated rings. The number of hydrogen-bond acceptors (Lipinski definition) is 4. The van der Waals surface area contributed by atoms with Crippen molar-refractivity contribution in [2.24, 2.45) is 0 Å². The Labute approximate surface area is 126 Å². The van der Waals surface area contributed by atoms with Crippen LogP contribution in [-0.4, -0.2) is 35.2 Å². The number of nitrogens with one attached hydrogen (secondary N) is 1. The fourth-order valence-corrected chi connectivity index (χ4v) is 2.54. The Morgan fingerprint density at radius 1 is 1.53 bits per heavy atom. The van der Waals surface area contributed by atoms with Crippen molar-refractivity contribution in [3.8, 4) is 0 Å². The van der Waals surface area contributed by atoms with Crippen LogP contribution in [0.5, 0.6) is 0 Å². The predicted molar refractivity (Wildman–Crippen MR) is 82.2 cm³/mol. The summed E-state index contributed by atoms with van der Waals surface area (Å²) in [4.78, 5) is 11.9. The van der Waals surface area contributed by atoms with Crippen molar-refractivity contribution in [3.63, 3.8) is 0 Å². The number of aliphatic hydroxyl groups is 1. The number of anilines is 1. The van der Waals surface area contributed by atoms with Crippen molar-refractivity contribution < 1.29 is 9.90 Å². The molecule has 0 aromatic heterocycles. The molecule has 1 aromatic carbocycles. The monoisotopic (exact) mass is 322 g/mol. The third-order valence-corrected chi connectivity index (χ3v) is 4.13. The van der Waals surface area contributed by atoms with Crippen molar-refractivity contribution in [1.29, 1.82) is 0 Å². The van der Waals surface area contributed by atoms with Crippen LogP contribution < -0.4 is 11.1 Å². The smallest absolute Gasteiger partial charge is 0.251 e. The molecule has 0 aliphatic heterocycles. The number of amides is 1.